The molecular weight excluding hydrogens is 811 g/mol. The second-order valence-corrected chi connectivity index (χ2v) is 17.6. The Morgan fingerprint density at radius 3 is 1.24 bits per heavy atom. The van der Waals surface area contributed by atoms with E-state index in [9.17, 15) is 0 Å². The molecule has 0 spiro atoms. The third kappa shape index (κ3) is 5.71. The Labute approximate surface area is 386 Å². The maximum Gasteiger partial charge on any atom is 0.0979 e. The van der Waals surface area contributed by atoms with Gasteiger partial charge in [-0.3, -0.25) is 4.98 Å². The van der Waals surface area contributed by atoms with Crippen LogP contribution in [-0.2, 0) is 0 Å². The van der Waals surface area contributed by atoms with E-state index in [1.807, 2.05) is 6.20 Å². The molecule has 0 aliphatic rings. The van der Waals surface area contributed by atoms with Crippen molar-refractivity contribution in [2.75, 3.05) is 0 Å². The smallest absolute Gasteiger partial charge is 0.0979 e. The molecule has 0 bridgehead atoms. The molecule has 2 aromatic heterocycles. The highest BCUT2D eigenvalue weighted by atomic mass is 15.0. The van der Waals surface area contributed by atoms with E-state index in [1.54, 1.807) is 0 Å². The van der Waals surface area contributed by atoms with Gasteiger partial charge in [-0.25, -0.2) is 4.98 Å². The lowest BCUT2D eigenvalue weighted by Crippen LogP contribution is -1.94. The van der Waals surface area contributed by atoms with Crippen molar-refractivity contribution in [2.24, 2.45) is 0 Å². The molecule has 0 amide bonds. The Kier molecular flexibility index (Phi) is 8.28. The zero-order valence-corrected chi connectivity index (χ0v) is 36.4. The minimum absolute atomic E-state index is 0.865. The molecule has 12 aromatic carbocycles. The van der Waals surface area contributed by atoms with Crippen molar-refractivity contribution in [3.05, 3.63) is 237 Å². The molecule has 0 saturated carbocycles. The molecule has 0 aliphatic heterocycles. The number of hydrogen-bond donors (Lipinski definition) is 0. The maximum atomic E-state index is 5.40. The highest BCUT2D eigenvalue weighted by Gasteiger charge is 2.19. The molecule has 0 unspecified atom stereocenters. The molecule has 14 rings (SSSR count). The summed E-state index contributed by atoms with van der Waals surface area (Å²) < 4.78 is 2.40. The topological polar surface area (TPSA) is 30.7 Å². The summed E-state index contributed by atoms with van der Waals surface area (Å²) in [5.74, 6) is 0. The third-order valence-electron chi connectivity index (χ3n) is 14.1. The summed E-state index contributed by atoms with van der Waals surface area (Å²) in [5, 5.41) is 14.4. The molecule has 2 heterocycles. The average Bonchev–Trinajstić information content (AvgIpc) is 3.74. The van der Waals surface area contributed by atoms with Gasteiger partial charge in [0.05, 0.1) is 34.0 Å². The highest BCUT2D eigenvalue weighted by Crippen LogP contribution is 2.45. The van der Waals surface area contributed by atoms with Gasteiger partial charge in [0.1, 0.15) is 0 Å². The van der Waals surface area contributed by atoms with Crippen LogP contribution in [0.5, 0.6) is 0 Å². The SMILES string of the molecule is c1ccc(-n2c3ccccc3c3ccc(-c4ccc(-c5ccc(-c6ccc(-c7cnc8c9ccccc9c9ccccc9c8n7)c7ccccc67)c6ccccc56)c5ccccc45)cc32)cc1. The van der Waals surface area contributed by atoms with Gasteiger partial charge in [-0.2, -0.15) is 0 Å². The van der Waals surface area contributed by atoms with Gasteiger partial charge < -0.3 is 4.57 Å². The first-order valence-corrected chi connectivity index (χ1v) is 23.0. The second-order valence-electron chi connectivity index (χ2n) is 17.6. The number of benzene rings is 12. The average molecular weight is 850 g/mol. The molecule has 3 heteroatoms. The first-order chi connectivity index (χ1) is 33.3. The van der Waals surface area contributed by atoms with Crippen molar-refractivity contribution in [1.82, 2.24) is 14.5 Å². The number of hydrogen-bond acceptors (Lipinski definition) is 2. The molecule has 0 N–H and O–H groups in total. The zero-order chi connectivity index (χ0) is 44.0. The highest BCUT2D eigenvalue weighted by molar-refractivity contribution is 6.23. The lowest BCUT2D eigenvalue weighted by Gasteiger charge is -2.17. The summed E-state index contributed by atoms with van der Waals surface area (Å²) >= 11 is 0. The molecular formula is C64H39N3. The summed E-state index contributed by atoms with van der Waals surface area (Å²) in [6.45, 7) is 0. The fraction of sp³-hybridized carbons (Fsp3) is 0. The van der Waals surface area contributed by atoms with Crippen LogP contribution in [0.2, 0.25) is 0 Å². The quantitative estimate of drug-likeness (QED) is 0.162. The van der Waals surface area contributed by atoms with Crippen LogP contribution in [0, 0.1) is 0 Å². The van der Waals surface area contributed by atoms with Gasteiger partial charge in [-0.1, -0.05) is 206 Å². The summed E-state index contributed by atoms with van der Waals surface area (Å²) in [6.07, 6.45) is 1.95. The van der Waals surface area contributed by atoms with Crippen molar-refractivity contribution in [1.29, 1.82) is 0 Å². The van der Waals surface area contributed by atoms with E-state index < -0.39 is 0 Å². The zero-order valence-electron chi connectivity index (χ0n) is 36.4. The molecule has 3 nitrogen and oxygen atoms in total. The Morgan fingerprint density at radius 1 is 0.269 bits per heavy atom. The molecule has 0 radical (unpaired) electrons. The molecule has 310 valence electrons. The molecule has 14 aromatic rings. The van der Waals surface area contributed by atoms with Crippen molar-refractivity contribution >= 4 is 86.7 Å². The summed E-state index contributed by atoms with van der Waals surface area (Å²) in [7, 11) is 0. The fourth-order valence-electron chi connectivity index (χ4n) is 11.1. The van der Waals surface area contributed by atoms with E-state index >= 15 is 0 Å². The first-order valence-electron chi connectivity index (χ1n) is 23.0. The lowest BCUT2D eigenvalue weighted by atomic mass is 9.86. The van der Waals surface area contributed by atoms with Crippen LogP contribution >= 0.6 is 0 Å². The van der Waals surface area contributed by atoms with Gasteiger partial charge in [0, 0.05) is 32.8 Å². The van der Waals surface area contributed by atoms with Gasteiger partial charge in [0.15, 0.2) is 0 Å². The van der Waals surface area contributed by atoms with Gasteiger partial charge in [0.25, 0.3) is 0 Å². The number of aromatic nitrogens is 3. The predicted molar refractivity (Wildman–Crippen MR) is 283 cm³/mol. The molecule has 0 atom stereocenters. The van der Waals surface area contributed by atoms with Crippen LogP contribution in [0.25, 0.3) is 137 Å². The van der Waals surface area contributed by atoms with Gasteiger partial charge in [0.2, 0.25) is 0 Å². The van der Waals surface area contributed by atoms with Crippen LogP contribution in [0.1, 0.15) is 0 Å². The van der Waals surface area contributed by atoms with Gasteiger partial charge >= 0.3 is 0 Å². The standard InChI is InChI=1S/C64H39N3/c1-2-16-41(17-3-1)67-61-29-15-14-26-56(61)57-31-30-40(38-62(57)67)42-32-33-51(44-19-5-4-18-43(42)44)52-34-35-53(46-21-7-6-20-45(46)52)54-36-37-55(48-23-9-8-22-47(48)54)60-39-65-63-58-27-12-10-24-49(58)50-25-11-13-28-59(50)64(63)66-60/h1-39H. The van der Waals surface area contributed by atoms with Crippen LogP contribution < -0.4 is 0 Å². The largest absolute Gasteiger partial charge is 0.309 e. The van der Waals surface area contributed by atoms with Gasteiger partial charge in [-0.15, -0.1) is 0 Å². The second kappa shape index (κ2) is 14.8. The van der Waals surface area contributed by atoms with Gasteiger partial charge in [-0.05, 0) is 101 Å². The maximum absolute atomic E-state index is 5.40. The number of rotatable bonds is 5. The summed E-state index contributed by atoms with van der Waals surface area (Å²) in [4.78, 5) is 10.5. The summed E-state index contributed by atoms with van der Waals surface area (Å²) in [5.41, 5.74) is 14.6. The number of para-hydroxylation sites is 2. The van der Waals surface area contributed by atoms with Crippen LogP contribution in [0.15, 0.2) is 237 Å². The Balaban J connectivity index is 0.903. The molecule has 0 aliphatic carbocycles. The third-order valence-corrected chi connectivity index (χ3v) is 14.1. The normalized spacial score (nSPS) is 11.9. The van der Waals surface area contributed by atoms with E-state index in [1.165, 1.54) is 92.9 Å². The minimum Gasteiger partial charge on any atom is -0.309 e. The van der Waals surface area contributed by atoms with E-state index in [4.69, 9.17) is 9.97 Å². The Bertz CT molecular complexity index is 4300. The van der Waals surface area contributed by atoms with Crippen LogP contribution in [-0.4, -0.2) is 14.5 Å². The first kappa shape index (κ1) is 37.5. The Morgan fingerprint density at radius 2 is 0.672 bits per heavy atom. The van der Waals surface area contributed by atoms with Crippen molar-refractivity contribution < 1.29 is 0 Å². The van der Waals surface area contributed by atoms with E-state index in [2.05, 4.69) is 235 Å². The van der Waals surface area contributed by atoms with Crippen molar-refractivity contribution in [2.45, 2.75) is 0 Å². The minimum atomic E-state index is 0.865. The molecule has 0 fully saturated rings. The van der Waals surface area contributed by atoms with E-state index in [0.29, 0.717) is 0 Å². The molecule has 0 saturated heterocycles. The Hall–Kier alpha value is -8.92. The monoisotopic (exact) mass is 849 g/mol. The predicted octanol–water partition coefficient (Wildman–Crippen LogP) is 17.2. The molecule has 67 heavy (non-hydrogen) atoms. The number of nitrogens with zero attached hydrogens (tertiary/aromatic N) is 3. The van der Waals surface area contributed by atoms with Crippen LogP contribution in [0.3, 0.4) is 0 Å². The van der Waals surface area contributed by atoms with Crippen LogP contribution in [0.4, 0.5) is 0 Å². The summed E-state index contributed by atoms with van der Waals surface area (Å²) in [6, 6.07) is 83.8. The number of fused-ring (bicyclic) bond motifs is 12. The van der Waals surface area contributed by atoms with Crippen molar-refractivity contribution in [3.63, 3.8) is 0 Å². The lowest BCUT2D eigenvalue weighted by molar-refractivity contribution is 1.18. The van der Waals surface area contributed by atoms with E-state index in [0.717, 1.165) is 44.1 Å². The fourth-order valence-corrected chi connectivity index (χ4v) is 11.1. The van der Waals surface area contributed by atoms with Crippen molar-refractivity contribution in [3.8, 4) is 50.3 Å². The van der Waals surface area contributed by atoms with E-state index in [-0.39, 0.29) is 0 Å².